The number of hydrogen-bond acceptors (Lipinski definition) is 3. The van der Waals surface area contributed by atoms with Crippen LogP contribution in [0.1, 0.15) is 38.7 Å². The number of fused-ring (bicyclic) bond motifs is 1. The lowest BCUT2D eigenvalue weighted by Crippen LogP contribution is -2.22. The van der Waals surface area contributed by atoms with Crippen molar-refractivity contribution in [2.45, 2.75) is 39.7 Å². The molecule has 0 amide bonds. The van der Waals surface area contributed by atoms with Crippen molar-refractivity contribution in [3.8, 4) is 11.5 Å². The van der Waals surface area contributed by atoms with Crippen molar-refractivity contribution in [2.75, 3.05) is 19.8 Å². The van der Waals surface area contributed by atoms with Crippen LogP contribution in [0.5, 0.6) is 11.5 Å². The zero-order valence-electron chi connectivity index (χ0n) is 12.1. The number of para-hydroxylation sites is 1. The first-order valence-corrected chi connectivity index (χ1v) is 7.43. The monoisotopic (exact) mass is 263 g/mol. The molecule has 3 nitrogen and oxygen atoms in total. The van der Waals surface area contributed by atoms with E-state index in [1.165, 1.54) is 18.4 Å². The second-order valence-corrected chi connectivity index (χ2v) is 5.11. The molecule has 106 valence electrons. The van der Waals surface area contributed by atoms with Gasteiger partial charge in [-0.25, -0.2) is 0 Å². The molecule has 1 heterocycles. The predicted molar refractivity (Wildman–Crippen MR) is 77.8 cm³/mol. The molecular formula is C16H25NO2. The standard InChI is InChI=1S/C16H25NO2/c1-3-13(4-2)11-17-12-14-7-5-8-15-16(14)19-10-6-9-18-15/h5,7-8,13,17H,3-4,6,9-12H2,1-2H3. The molecule has 1 aliphatic rings. The highest BCUT2D eigenvalue weighted by molar-refractivity contribution is 5.47. The van der Waals surface area contributed by atoms with Crippen molar-refractivity contribution >= 4 is 0 Å². The van der Waals surface area contributed by atoms with E-state index >= 15 is 0 Å². The molecule has 3 heteroatoms. The zero-order chi connectivity index (χ0) is 13.5. The second-order valence-electron chi connectivity index (χ2n) is 5.11. The number of nitrogens with one attached hydrogen (secondary N) is 1. The van der Waals surface area contributed by atoms with Gasteiger partial charge in [0.15, 0.2) is 11.5 Å². The Kier molecular flexibility index (Phi) is 5.52. The maximum atomic E-state index is 5.82. The highest BCUT2D eigenvalue weighted by Gasteiger charge is 2.14. The van der Waals surface area contributed by atoms with Gasteiger partial charge in [-0.3, -0.25) is 0 Å². The quantitative estimate of drug-likeness (QED) is 0.853. The molecule has 2 rings (SSSR count). The average molecular weight is 263 g/mol. The van der Waals surface area contributed by atoms with E-state index in [9.17, 15) is 0 Å². The SMILES string of the molecule is CCC(CC)CNCc1cccc2c1OCCCO2. The van der Waals surface area contributed by atoms with Crippen molar-refractivity contribution in [1.29, 1.82) is 0 Å². The van der Waals surface area contributed by atoms with Gasteiger partial charge < -0.3 is 14.8 Å². The van der Waals surface area contributed by atoms with Crippen molar-refractivity contribution in [2.24, 2.45) is 5.92 Å². The summed E-state index contributed by atoms with van der Waals surface area (Å²) in [4.78, 5) is 0. The van der Waals surface area contributed by atoms with Crippen LogP contribution in [0.3, 0.4) is 0 Å². The van der Waals surface area contributed by atoms with Gasteiger partial charge >= 0.3 is 0 Å². The normalized spacial score (nSPS) is 14.5. The summed E-state index contributed by atoms with van der Waals surface area (Å²) in [6.07, 6.45) is 3.42. The maximum absolute atomic E-state index is 5.82. The Bertz CT molecular complexity index is 388. The van der Waals surface area contributed by atoms with Crippen LogP contribution < -0.4 is 14.8 Å². The zero-order valence-corrected chi connectivity index (χ0v) is 12.1. The van der Waals surface area contributed by atoms with Crippen LogP contribution >= 0.6 is 0 Å². The average Bonchev–Trinajstić information content (AvgIpc) is 2.69. The summed E-state index contributed by atoms with van der Waals surface area (Å²) in [6, 6.07) is 6.15. The maximum Gasteiger partial charge on any atom is 0.165 e. The minimum Gasteiger partial charge on any atom is -0.490 e. The molecule has 0 saturated heterocycles. The highest BCUT2D eigenvalue weighted by atomic mass is 16.5. The van der Waals surface area contributed by atoms with E-state index in [1.807, 2.05) is 12.1 Å². The molecule has 1 aliphatic heterocycles. The van der Waals surface area contributed by atoms with E-state index in [-0.39, 0.29) is 0 Å². The molecule has 0 aliphatic carbocycles. The third-order valence-electron chi connectivity index (χ3n) is 3.76. The molecule has 1 aromatic rings. The molecule has 0 bridgehead atoms. The van der Waals surface area contributed by atoms with Crippen LogP contribution in [0, 0.1) is 5.92 Å². The Balaban J connectivity index is 1.96. The van der Waals surface area contributed by atoms with Crippen molar-refractivity contribution in [3.63, 3.8) is 0 Å². The number of benzene rings is 1. The lowest BCUT2D eigenvalue weighted by atomic mass is 10.0. The predicted octanol–water partition coefficient (Wildman–Crippen LogP) is 3.37. The van der Waals surface area contributed by atoms with Gasteiger partial charge in [-0.15, -0.1) is 0 Å². The fourth-order valence-corrected chi connectivity index (χ4v) is 2.38. The minimum atomic E-state index is 0.747. The third kappa shape index (κ3) is 3.87. The van der Waals surface area contributed by atoms with E-state index in [0.717, 1.165) is 50.1 Å². The second kappa shape index (κ2) is 7.39. The molecule has 19 heavy (non-hydrogen) atoms. The van der Waals surface area contributed by atoms with E-state index in [4.69, 9.17) is 9.47 Å². The van der Waals surface area contributed by atoms with E-state index in [1.54, 1.807) is 0 Å². The smallest absolute Gasteiger partial charge is 0.165 e. The Morgan fingerprint density at radius 1 is 1.16 bits per heavy atom. The summed E-state index contributed by atoms with van der Waals surface area (Å²) in [6.45, 7) is 7.91. The molecule has 0 saturated carbocycles. The van der Waals surface area contributed by atoms with E-state index < -0.39 is 0 Å². The fraction of sp³-hybridized carbons (Fsp3) is 0.625. The fourth-order valence-electron chi connectivity index (χ4n) is 2.38. The topological polar surface area (TPSA) is 30.5 Å². The highest BCUT2D eigenvalue weighted by Crippen LogP contribution is 2.33. The number of rotatable bonds is 6. The van der Waals surface area contributed by atoms with E-state index in [0.29, 0.717) is 0 Å². The molecular weight excluding hydrogens is 238 g/mol. The molecule has 0 radical (unpaired) electrons. The molecule has 1 N–H and O–H groups in total. The molecule has 0 fully saturated rings. The molecule has 0 atom stereocenters. The summed E-state index contributed by atoms with van der Waals surface area (Å²) >= 11 is 0. The Hall–Kier alpha value is -1.22. The first-order chi connectivity index (χ1) is 9.35. The van der Waals surface area contributed by atoms with Crippen molar-refractivity contribution in [1.82, 2.24) is 5.32 Å². The van der Waals surface area contributed by atoms with Crippen LogP contribution in [0.15, 0.2) is 18.2 Å². The van der Waals surface area contributed by atoms with Crippen LogP contribution in [0.2, 0.25) is 0 Å². The van der Waals surface area contributed by atoms with Gasteiger partial charge in [0, 0.05) is 18.5 Å². The first-order valence-electron chi connectivity index (χ1n) is 7.43. The Labute approximate surface area is 116 Å². The molecule has 1 aromatic carbocycles. The van der Waals surface area contributed by atoms with Crippen molar-refractivity contribution < 1.29 is 9.47 Å². The van der Waals surface area contributed by atoms with Crippen LogP contribution in [0.25, 0.3) is 0 Å². The Morgan fingerprint density at radius 3 is 2.74 bits per heavy atom. The van der Waals surface area contributed by atoms with Crippen LogP contribution in [-0.4, -0.2) is 19.8 Å². The van der Waals surface area contributed by atoms with Gasteiger partial charge in [0.2, 0.25) is 0 Å². The lowest BCUT2D eigenvalue weighted by Gasteiger charge is -2.16. The first kappa shape index (κ1) is 14.2. The van der Waals surface area contributed by atoms with Crippen LogP contribution in [-0.2, 0) is 6.54 Å². The summed E-state index contributed by atoms with van der Waals surface area (Å²) < 4.78 is 11.5. The van der Waals surface area contributed by atoms with Crippen LogP contribution in [0.4, 0.5) is 0 Å². The van der Waals surface area contributed by atoms with Gasteiger partial charge in [-0.05, 0) is 18.5 Å². The third-order valence-corrected chi connectivity index (χ3v) is 3.76. The number of ether oxygens (including phenoxy) is 2. The largest absolute Gasteiger partial charge is 0.490 e. The molecule has 0 spiro atoms. The van der Waals surface area contributed by atoms with Gasteiger partial charge in [0.05, 0.1) is 13.2 Å². The summed E-state index contributed by atoms with van der Waals surface area (Å²) in [5, 5.41) is 3.54. The number of hydrogen-bond donors (Lipinski definition) is 1. The summed E-state index contributed by atoms with van der Waals surface area (Å²) in [7, 11) is 0. The van der Waals surface area contributed by atoms with Gasteiger partial charge in [-0.1, -0.05) is 38.8 Å². The molecule has 0 aromatic heterocycles. The molecule has 0 unspecified atom stereocenters. The van der Waals surface area contributed by atoms with Gasteiger partial charge in [0.25, 0.3) is 0 Å². The van der Waals surface area contributed by atoms with E-state index in [2.05, 4.69) is 25.2 Å². The Morgan fingerprint density at radius 2 is 1.95 bits per heavy atom. The van der Waals surface area contributed by atoms with Gasteiger partial charge in [-0.2, -0.15) is 0 Å². The minimum absolute atomic E-state index is 0.747. The lowest BCUT2D eigenvalue weighted by molar-refractivity contribution is 0.295. The van der Waals surface area contributed by atoms with Gasteiger partial charge in [0.1, 0.15) is 0 Å². The summed E-state index contributed by atoms with van der Waals surface area (Å²) in [5.41, 5.74) is 1.20. The summed E-state index contributed by atoms with van der Waals surface area (Å²) in [5.74, 6) is 2.58. The van der Waals surface area contributed by atoms with Crippen molar-refractivity contribution in [3.05, 3.63) is 23.8 Å².